The zero-order valence-corrected chi connectivity index (χ0v) is 15.3. The van der Waals surface area contributed by atoms with E-state index in [1.807, 2.05) is 0 Å². The third-order valence-electron chi connectivity index (χ3n) is 2.76. The quantitative estimate of drug-likeness (QED) is 0.515. The van der Waals surface area contributed by atoms with Gasteiger partial charge in [-0.05, 0) is 0 Å². The van der Waals surface area contributed by atoms with E-state index in [1.165, 1.54) is 0 Å². The predicted molar refractivity (Wildman–Crippen MR) is 72.5 cm³/mol. The van der Waals surface area contributed by atoms with Crippen LogP contribution in [0.1, 0.15) is 12.8 Å². The van der Waals surface area contributed by atoms with E-state index in [0.29, 0.717) is 0 Å². The maximum absolute atomic E-state index is 12.8. The van der Waals surface area contributed by atoms with Crippen LogP contribution in [-0.2, 0) is 29.5 Å². The molecule has 0 spiro atoms. The molecule has 0 N–H and O–H groups in total. The molecule has 0 aliphatic rings. The Morgan fingerprint density at radius 2 is 1.15 bits per heavy atom. The molecular formula is C9H11F9O6S3. The molecule has 27 heavy (non-hydrogen) atoms. The van der Waals surface area contributed by atoms with Crippen LogP contribution in [0.4, 0.5) is 39.5 Å². The van der Waals surface area contributed by atoms with E-state index < -0.39 is 75.8 Å². The van der Waals surface area contributed by atoms with Gasteiger partial charge in [-0.3, -0.25) is 0 Å². The third-order valence-corrected chi connectivity index (χ3v) is 12.0. The number of sulfone groups is 3. The van der Waals surface area contributed by atoms with Gasteiger partial charge in [0.05, 0.1) is 18.6 Å². The zero-order valence-electron chi connectivity index (χ0n) is 12.9. The van der Waals surface area contributed by atoms with Gasteiger partial charge in [0, 0.05) is 6.26 Å². The fourth-order valence-corrected chi connectivity index (χ4v) is 10.7. The van der Waals surface area contributed by atoms with Gasteiger partial charge in [0.1, 0.15) is 0 Å². The highest BCUT2D eigenvalue weighted by Crippen LogP contribution is 2.39. The summed E-state index contributed by atoms with van der Waals surface area (Å²) in [5.41, 5.74) is 0. The van der Waals surface area contributed by atoms with Crippen LogP contribution < -0.4 is 0 Å². The van der Waals surface area contributed by atoms with Crippen molar-refractivity contribution in [2.45, 2.75) is 40.5 Å². The second-order valence-corrected chi connectivity index (χ2v) is 12.7. The lowest BCUT2D eigenvalue weighted by atomic mass is 10.3. The fourth-order valence-electron chi connectivity index (χ4n) is 1.83. The largest absolute Gasteiger partial charge is 0.405 e. The highest BCUT2D eigenvalue weighted by Gasteiger charge is 2.60. The summed E-state index contributed by atoms with van der Waals surface area (Å²) in [6, 6.07) is 0. The summed E-state index contributed by atoms with van der Waals surface area (Å²) in [4.78, 5) is 0. The van der Waals surface area contributed by atoms with Gasteiger partial charge in [0.15, 0.2) is 34.8 Å². The topological polar surface area (TPSA) is 102 Å². The maximum Gasteiger partial charge on any atom is 0.405 e. The standard InChI is InChI=1S/C9H11F9O6S3/c1-25(19,20)6(26(21,22)3-2-7(10,11)12)27(23,24)5(9(16,17)18)4-8(13,14)15/h5-6H,2-4H2,1H3. The van der Waals surface area contributed by atoms with Gasteiger partial charge in [-0.25, -0.2) is 25.3 Å². The molecule has 0 saturated carbocycles. The lowest BCUT2D eigenvalue weighted by Gasteiger charge is -2.26. The van der Waals surface area contributed by atoms with Crippen molar-refractivity contribution in [2.24, 2.45) is 0 Å². The molecule has 0 fully saturated rings. The van der Waals surface area contributed by atoms with E-state index in [9.17, 15) is 64.8 Å². The van der Waals surface area contributed by atoms with Crippen LogP contribution in [0, 0.1) is 0 Å². The van der Waals surface area contributed by atoms with Crippen molar-refractivity contribution in [2.75, 3.05) is 12.0 Å². The Bertz CT molecular complexity index is 833. The Kier molecular flexibility index (Phi) is 7.35. The van der Waals surface area contributed by atoms with Crippen LogP contribution in [0.3, 0.4) is 0 Å². The number of halogens is 9. The van der Waals surface area contributed by atoms with Gasteiger partial charge < -0.3 is 0 Å². The molecule has 0 aromatic rings. The molecule has 0 heterocycles. The number of rotatable bonds is 7. The number of alkyl halides is 9. The molecule has 0 aliphatic heterocycles. The minimum absolute atomic E-state index is 0.235. The lowest BCUT2D eigenvalue weighted by molar-refractivity contribution is -0.179. The summed E-state index contributed by atoms with van der Waals surface area (Å²) in [6.07, 6.45) is -23.1. The third kappa shape index (κ3) is 8.00. The second-order valence-electron chi connectivity index (χ2n) is 5.29. The summed E-state index contributed by atoms with van der Waals surface area (Å²) in [7, 11) is -18.3. The molecule has 0 aromatic carbocycles. The van der Waals surface area contributed by atoms with Crippen LogP contribution in [-0.4, -0.2) is 65.0 Å². The zero-order chi connectivity index (χ0) is 22.3. The van der Waals surface area contributed by atoms with Gasteiger partial charge in [-0.15, -0.1) is 0 Å². The molecule has 0 aliphatic carbocycles. The van der Waals surface area contributed by atoms with Crippen molar-refractivity contribution in [3.63, 3.8) is 0 Å². The van der Waals surface area contributed by atoms with Gasteiger partial charge in [-0.1, -0.05) is 0 Å². The Balaban J connectivity index is 6.51. The molecule has 0 rings (SSSR count). The minimum Gasteiger partial charge on any atom is -0.227 e. The van der Waals surface area contributed by atoms with Gasteiger partial charge in [-0.2, -0.15) is 39.5 Å². The predicted octanol–water partition coefficient (Wildman–Crippen LogP) is 1.98. The summed E-state index contributed by atoms with van der Waals surface area (Å²) >= 11 is 0. The highest BCUT2D eigenvalue weighted by molar-refractivity contribution is 8.24. The van der Waals surface area contributed by atoms with Crippen LogP contribution in [0.2, 0.25) is 0 Å². The molecular weight excluding hydrogens is 471 g/mol. The van der Waals surface area contributed by atoms with Crippen LogP contribution in [0.25, 0.3) is 0 Å². The molecule has 0 bridgehead atoms. The van der Waals surface area contributed by atoms with Crippen LogP contribution in [0.5, 0.6) is 0 Å². The Morgan fingerprint density at radius 1 is 0.741 bits per heavy atom. The van der Waals surface area contributed by atoms with Crippen LogP contribution in [0.15, 0.2) is 0 Å². The van der Waals surface area contributed by atoms with Crippen molar-refractivity contribution in [1.82, 2.24) is 0 Å². The molecule has 0 aromatic heterocycles. The monoisotopic (exact) mass is 482 g/mol. The second kappa shape index (κ2) is 7.57. The lowest BCUT2D eigenvalue weighted by Crippen LogP contribution is -2.50. The highest BCUT2D eigenvalue weighted by atomic mass is 32.3. The van der Waals surface area contributed by atoms with E-state index in [1.54, 1.807) is 0 Å². The molecule has 6 nitrogen and oxygen atoms in total. The van der Waals surface area contributed by atoms with E-state index >= 15 is 0 Å². The van der Waals surface area contributed by atoms with Crippen molar-refractivity contribution in [3.05, 3.63) is 0 Å². The first kappa shape index (κ1) is 26.2. The van der Waals surface area contributed by atoms with Crippen molar-refractivity contribution in [3.8, 4) is 0 Å². The smallest absolute Gasteiger partial charge is 0.227 e. The van der Waals surface area contributed by atoms with E-state index in [4.69, 9.17) is 0 Å². The Labute approximate surface area is 147 Å². The molecule has 0 saturated heterocycles. The Morgan fingerprint density at radius 3 is 1.41 bits per heavy atom. The fraction of sp³-hybridized carbons (Fsp3) is 1.00. The van der Waals surface area contributed by atoms with E-state index in [-0.39, 0.29) is 6.26 Å². The average molecular weight is 482 g/mol. The molecule has 0 amide bonds. The molecule has 164 valence electrons. The molecule has 2 unspecified atom stereocenters. The maximum atomic E-state index is 12.8. The molecule has 2 atom stereocenters. The number of hydrogen-bond acceptors (Lipinski definition) is 6. The first-order valence-electron chi connectivity index (χ1n) is 6.24. The van der Waals surface area contributed by atoms with Crippen molar-refractivity contribution < 1.29 is 64.8 Å². The Hall–Kier alpha value is -0.780. The summed E-state index contributed by atoms with van der Waals surface area (Å²) < 4.78 is 178. The summed E-state index contributed by atoms with van der Waals surface area (Å²) in [5.74, 6) is -2.26. The van der Waals surface area contributed by atoms with Crippen molar-refractivity contribution in [1.29, 1.82) is 0 Å². The van der Waals surface area contributed by atoms with E-state index in [0.717, 1.165) is 0 Å². The molecule has 0 radical (unpaired) electrons. The number of hydrogen-bond donors (Lipinski definition) is 0. The first-order chi connectivity index (χ1) is 11.4. The van der Waals surface area contributed by atoms with Gasteiger partial charge >= 0.3 is 18.5 Å². The first-order valence-corrected chi connectivity index (χ1v) is 11.5. The van der Waals surface area contributed by atoms with Crippen molar-refractivity contribution >= 4 is 29.5 Å². The molecule has 18 heteroatoms. The normalized spacial score (nSPS) is 17.6. The minimum atomic E-state index is -6.73. The van der Waals surface area contributed by atoms with Gasteiger partial charge in [0.2, 0.25) is 0 Å². The van der Waals surface area contributed by atoms with Crippen LogP contribution >= 0.6 is 0 Å². The SMILES string of the molecule is CS(=O)(=O)C(S(=O)(=O)CCC(F)(F)F)S(=O)(=O)C(CC(F)(F)F)C(F)(F)F. The van der Waals surface area contributed by atoms with Gasteiger partial charge in [0.25, 0.3) is 3.91 Å². The van der Waals surface area contributed by atoms with E-state index in [2.05, 4.69) is 0 Å². The summed E-state index contributed by atoms with van der Waals surface area (Å²) in [5, 5.41) is -4.51. The average Bonchev–Trinajstić information content (AvgIpc) is 2.27. The summed E-state index contributed by atoms with van der Waals surface area (Å²) in [6.45, 7) is 0.